The Kier molecular flexibility index (Phi) is 8.26. The van der Waals surface area contributed by atoms with E-state index in [2.05, 4.69) is 205 Å². The quantitative estimate of drug-likeness (QED) is 0.178. The zero-order chi connectivity index (χ0) is 41.3. The summed E-state index contributed by atoms with van der Waals surface area (Å²) in [5.74, 6) is 0.626. The fraction of sp³-hybridized carbons (Fsp3) is 0.0345. The normalized spacial score (nSPS) is 11.7. The molecule has 0 amide bonds. The molecule has 0 aliphatic carbocycles. The molecule has 0 aliphatic heterocycles. The SMILES string of the molecule is CC.c1ccc2cc3c(cc2c1)c1cccc(-c2ccc4c(c2)oc2ccc5ccccc5c24)c1n3-c1nc(-c2ccc(-c3cccc4ccccc34)cc2)c2ccccc2n1. The first-order valence-electron chi connectivity index (χ1n) is 21.4. The van der Waals surface area contributed by atoms with Crippen LogP contribution in [0.15, 0.2) is 205 Å². The van der Waals surface area contributed by atoms with Crippen molar-refractivity contribution in [1.29, 1.82) is 0 Å². The van der Waals surface area contributed by atoms with Crippen molar-refractivity contribution in [2.45, 2.75) is 13.8 Å². The predicted octanol–water partition coefficient (Wildman–Crippen LogP) is 16.1. The van der Waals surface area contributed by atoms with Gasteiger partial charge in [0.05, 0.1) is 22.2 Å². The Morgan fingerprint density at radius 2 is 1.00 bits per heavy atom. The lowest BCUT2D eigenvalue weighted by molar-refractivity contribution is 0.669. The molecule has 0 saturated heterocycles. The molecule has 10 aromatic carbocycles. The summed E-state index contributed by atoms with van der Waals surface area (Å²) in [6.45, 7) is 4.00. The van der Waals surface area contributed by atoms with Crippen LogP contribution in [0.1, 0.15) is 13.8 Å². The molecule has 0 unspecified atom stereocenters. The molecule has 0 spiro atoms. The van der Waals surface area contributed by atoms with E-state index >= 15 is 0 Å². The fourth-order valence-electron chi connectivity index (χ4n) is 9.57. The van der Waals surface area contributed by atoms with Crippen molar-refractivity contribution in [3.63, 3.8) is 0 Å². The molecule has 3 aromatic heterocycles. The number of furan rings is 1. The van der Waals surface area contributed by atoms with Gasteiger partial charge < -0.3 is 4.42 Å². The summed E-state index contributed by atoms with van der Waals surface area (Å²) in [5, 5.41) is 12.8. The highest BCUT2D eigenvalue weighted by molar-refractivity contribution is 6.20. The largest absolute Gasteiger partial charge is 0.456 e. The molecule has 62 heavy (non-hydrogen) atoms. The Hall–Kier alpha value is -8.08. The summed E-state index contributed by atoms with van der Waals surface area (Å²) in [5.41, 5.74) is 11.2. The van der Waals surface area contributed by atoms with E-state index in [1.165, 1.54) is 38.1 Å². The van der Waals surface area contributed by atoms with Gasteiger partial charge in [0.2, 0.25) is 5.95 Å². The Balaban J connectivity index is 0.00000202. The standard InChI is InChI=1S/C56H33N3O.C2H6/c1-2-14-39-32-50-48(31-38(39)13-1)45-21-10-20-44(40-27-29-47-52(33-40)60-51-30-28-35-12-4-6-17-43(35)53(47)51)55(45)59(50)56-57-49-22-8-7-18-46(49)54(58-56)37-25-23-36(24-26-37)42-19-9-15-34-11-3-5-16-41(34)42;1-2/h1-33H;1-2H3. The van der Waals surface area contributed by atoms with Gasteiger partial charge in [0, 0.05) is 38.1 Å². The van der Waals surface area contributed by atoms with Crippen molar-refractivity contribution in [2.24, 2.45) is 0 Å². The first-order chi connectivity index (χ1) is 30.7. The third-order valence-electron chi connectivity index (χ3n) is 12.4. The van der Waals surface area contributed by atoms with Crippen LogP contribution in [0.3, 0.4) is 0 Å². The Labute approximate surface area is 358 Å². The topological polar surface area (TPSA) is 43.9 Å². The van der Waals surface area contributed by atoms with Gasteiger partial charge in [0.15, 0.2) is 0 Å². The van der Waals surface area contributed by atoms with E-state index in [1.807, 2.05) is 13.8 Å². The first-order valence-corrected chi connectivity index (χ1v) is 21.4. The minimum absolute atomic E-state index is 0.626. The molecule has 0 aliphatic rings. The summed E-state index contributed by atoms with van der Waals surface area (Å²) in [6.07, 6.45) is 0. The predicted molar refractivity (Wildman–Crippen MR) is 261 cm³/mol. The molecule has 13 rings (SSSR count). The summed E-state index contributed by atoms with van der Waals surface area (Å²) >= 11 is 0. The van der Waals surface area contributed by atoms with E-state index in [9.17, 15) is 0 Å². The Morgan fingerprint density at radius 1 is 0.387 bits per heavy atom. The van der Waals surface area contributed by atoms with E-state index < -0.39 is 0 Å². The third kappa shape index (κ3) is 5.54. The molecule has 0 bridgehead atoms. The van der Waals surface area contributed by atoms with Crippen molar-refractivity contribution >= 4 is 87.0 Å². The van der Waals surface area contributed by atoms with E-state index in [4.69, 9.17) is 14.4 Å². The third-order valence-corrected chi connectivity index (χ3v) is 12.4. The van der Waals surface area contributed by atoms with Gasteiger partial charge >= 0.3 is 0 Å². The maximum Gasteiger partial charge on any atom is 0.235 e. The van der Waals surface area contributed by atoms with Crippen LogP contribution in [0.5, 0.6) is 0 Å². The number of aromatic nitrogens is 3. The molecule has 4 nitrogen and oxygen atoms in total. The molecule has 4 heteroatoms. The molecule has 3 heterocycles. The second-order valence-corrected chi connectivity index (χ2v) is 15.7. The van der Waals surface area contributed by atoms with Crippen molar-refractivity contribution < 1.29 is 4.42 Å². The van der Waals surface area contributed by atoms with E-state index in [0.717, 1.165) is 82.4 Å². The van der Waals surface area contributed by atoms with Crippen molar-refractivity contribution in [1.82, 2.24) is 14.5 Å². The number of nitrogens with zero attached hydrogens (tertiary/aromatic N) is 3. The zero-order valence-corrected chi connectivity index (χ0v) is 34.3. The van der Waals surface area contributed by atoms with Crippen LogP contribution in [0.25, 0.3) is 126 Å². The van der Waals surface area contributed by atoms with Gasteiger partial charge in [-0.2, -0.15) is 0 Å². The number of benzene rings is 10. The van der Waals surface area contributed by atoms with Gasteiger partial charge in [0.1, 0.15) is 11.2 Å². The molecule has 292 valence electrons. The highest BCUT2D eigenvalue weighted by Crippen LogP contribution is 2.42. The van der Waals surface area contributed by atoms with E-state index in [-0.39, 0.29) is 0 Å². The van der Waals surface area contributed by atoms with Crippen LogP contribution in [0.4, 0.5) is 0 Å². The average molecular weight is 794 g/mol. The van der Waals surface area contributed by atoms with E-state index in [0.29, 0.717) is 5.95 Å². The summed E-state index contributed by atoms with van der Waals surface area (Å²) in [4.78, 5) is 10.9. The molecule has 0 saturated carbocycles. The molecular weight excluding hydrogens is 755 g/mol. The lowest BCUT2D eigenvalue weighted by Gasteiger charge is -2.14. The van der Waals surface area contributed by atoms with Crippen LogP contribution in [0, 0.1) is 0 Å². The number of fused-ring (bicyclic) bond motifs is 11. The minimum atomic E-state index is 0.626. The molecule has 0 radical (unpaired) electrons. The number of hydrogen-bond acceptors (Lipinski definition) is 3. The van der Waals surface area contributed by atoms with Crippen molar-refractivity contribution in [3.8, 4) is 39.5 Å². The smallest absolute Gasteiger partial charge is 0.235 e. The lowest BCUT2D eigenvalue weighted by Crippen LogP contribution is -2.04. The molecule has 0 fully saturated rings. The number of rotatable bonds is 4. The monoisotopic (exact) mass is 793 g/mol. The Morgan fingerprint density at radius 3 is 1.82 bits per heavy atom. The van der Waals surface area contributed by atoms with Gasteiger partial charge in [0.25, 0.3) is 0 Å². The molecule has 13 aromatic rings. The maximum absolute atomic E-state index is 6.60. The summed E-state index contributed by atoms with van der Waals surface area (Å²) in [7, 11) is 0. The second-order valence-electron chi connectivity index (χ2n) is 15.7. The number of hydrogen-bond donors (Lipinski definition) is 0. The van der Waals surface area contributed by atoms with Crippen LogP contribution in [-0.4, -0.2) is 14.5 Å². The highest BCUT2D eigenvalue weighted by atomic mass is 16.3. The highest BCUT2D eigenvalue weighted by Gasteiger charge is 2.22. The van der Waals surface area contributed by atoms with Crippen LogP contribution < -0.4 is 0 Å². The van der Waals surface area contributed by atoms with Crippen molar-refractivity contribution in [2.75, 3.05) is 0 Å². The zero-order valence-electron chi connectivity index (χ0n) is 34.3. The summed E-state index contributed by atoms with van der Waals surface area (Å²) in [6, 6.07) is 71.5. The van der Waals surface area contributed by atoms with Crippen LogP contribution in [-0.2, 0) is 0 Å². The fourth-order valence-corrected chi connectivity index (χ4v) is 9.57. The molecule has 0 N–H and O–H groups in total. The van der Waals surface area contributed by atoms with Gasteiger partial charge in [-0.3, -0.25) is 4.57 Å². The van der Waals surface area contributed by atoms with Gasteiger partial charge in [-0.15, -0.1) is 0 Å². The minimum Gasteiger partial charge on any atom is -0.456 e. The van der Waals surface area contributed by atoms with E-state index in [1.54, 1.807) is 0 Å². The van der Waals surface area contributed by atoms with Crippen LogP contribution >= 0.6 is 0 Å². The van der Waals surface area contributed by atoms with Crippen LogP contribution in [0.2, 0.25) is 0 Å². The lowest BCUT2D eigenvalue weighted by atomic mass is 9.96. The first kappa shape index (κ1) is 35.8. The van der Waals surface area contributed by atoms with Gasteiger partial charge in [-0.25, -0.2) is 9.97 Å². The van der Waals surface area contributed by atoms with Gasteiger partial charge in [-0.05, 0) is 85.4 Å². The number of para-hydroxylation sites is 2. The summed E-state index contributed by atoms with van der Waals surface area (Å²) < 4.78 is 8.88. The second kappa shape index (κ2) is 14.3. The molecule has 0 atom stereocenters. The average Bonchev–Trinajstić information content (AvgIpc) is 3.88. The maximum atomic E-state index is 6.60. The van der Waals surface area contributed by atoms with Gasteiger partial charge in [-0.1, -0.05) is 178 Å². The Bertz CT molecular complexity index is 3890. The van der Waals surface area contributed by atoms with Crippen molar-refractivity contribution in [3.05, 3.63) is 200 Å². The molecular formula is C58H39N3O.